The van der Waals surface area contributed by atoms with E-state index >= 15 is 0 Å². The number of nitrogens with zero attached hydrogens (tertiary/aromatic N) is 3. The van der Waals surface area contributed by atoms with Crippen molar-refractivity contribution in [3.05, 3.63) is 105 Å². The van der Waals surface area contributed by atoms with Crippen LogP contribution < -0.4 is 16.0 Å². The van der Waals surface area contributed by atoms with Crippen LogP contribution in [-0.2, 0) is 20.8 Å². The van der Waals surface area contributed by atoms with E-state index in [9.17, 15) is 29.3 Å². The van der Waals surface area contributed by atoms with Gasteiger partial charge in [-0.15, -0.1) is 0 Å². The van der Waals surface area contributed by atoms with E-state index in [0.29, 0.717) is 46.7 Å². The number of nitrogens with one attached hydrogen (secondary N) is 3. The quantitative estimate of drug-likeness (QED) is 0.124. The SMILES string of the molecule is CC(=O)NCCc1ccc(C(=Nc2ccc(C=C3C(=O)NC(=O)N3C)cc2)C2C(=O)Nc3ccc([N+](=O)[O-])cc32)cc1. The molecule has 0 aliphatic carbocycles. The molecule has 2 aliphatic heterocycles. The molecule has 2 heterocycles. The maximum Gasteiger partial charge on any atom is 0.328 e. The van der Waals surface area contributed by atoms with Gasteiger partial charge in [0.05, 0.1) is 16.3 Å². The summed E-state index contributed by atoms with van der Waals surface area (Å²) in [6, 6.07) is 18.0. The average molecular weight is 567 g/mol. The molecule has 3 N–H and O–H groups in total. The zero-order chi connectivity index (χ0) is 30.0. The van der Waals surface area contributed by atoms with E-state index in [1.165, 1.54) is 37.1 Å². The number of rotatable bonds is 8. The van der Waals surface area contributed by atoms with Gasteiger partial charge in [-0.05, 0) is 47.4 Å². The van der Waals surface area contributed by atoms with Crippen molar-refractivity contribution in [3.8, 4) is 0 Å². The van der Waals surface area contributed by atoms with E-state index in [1.54, 1.807) is 30.3 Å². The van der Waals surface area contributed by atoms with Crippen molar-refractivity contribution in [2.24, 2.45) is 4.99 Å². The van der Waals surface area contributed by atoms with Gasteiger partial charge in [-0.25, -0.2) is 4.79 Å². The molecule has 0 saturated carbocycles. The Morgan fingerprint density at radius 3 is 2.38 bits per heavy atom. The van der Waals surface area contributed by atoms with Gasteiger partial charge in [-0.3, -0.25) is 39.7 Å². The van der Waals surface area contributed by atoms with E-state index in [4.69, 9.17) is 4.99 Å². The summed E-state index contributed by atoms with van der Waals surface area (Å²) >= 11 is 0. The molecule has 5 amide bonds. The van der Waals surface area contributed by atoms with Crippen molar-refractivity contribution in [2.75, 3.05) is 18.9 Å². The van der Waals surface area contributed by atoms with Crippen LogP contribution in [0.15, 0.2) is 77.4 Å². The Labute approximate surface area is 240 Å². The Morgan fingerprint density at radius 2 is 1.76 bits per heavy atom. The van der Waals surface area contributed by atoms with Crippen molar-refractivity contribution in [2.45, 2.75) is 19.3 Å². The van der Waals surface area contributed by atoms with Crippen LogP contribution in [0.2, 0.25) is 0 Å². The lowest BCUT2D eigenvalue weighted by Crippen LogP contribution is -2.24. The van der Waals surface area contributed by atoms with E-state index < -0.39 is 22.8 Å². The minimum Gasteiger partial charge on any atom is -0.356 e. The number of aliphatic imine (C=N–C) groups is 1. The number of nitro groups is 1. The highest BCUT2D eigenvalue weighted by molar-refractivity contribution is 6.24. The van der Waals surface area contributed by atoms with Gasteiger partial charge in [-0.2, -0.15) is 0 Å². The highest BCUT2D eigenvalue weighted by atomic mass is 16.6. The van der Waals surface area contributed by atoms with Crippen LogP contribution in [0.3, 0.4) is 0 Å². The topological polar surface area (TPSA) is 163 Å². The highest BCUT2D eigenvalue weighted by Crippen LogP contribution is 2.38. The minimum absolute atomic E-state index is 0.115. The molecule has 0 spiro atoms. The fraction of sp³-hybridized carbons (Fsp3) is 0.167. The van der Waals surface area contributed by atoms with E-state index in [-0.39, 0.29) is 23.2 Å². The minimum atomic E-state index is -0.909. The number of benzene rings is 3. The molecule has 0 bridgehead atoms. The molecule has 12 nitrogen and oxygen atoms in total. The highest BCUT2D eigenvalue weighted by Gasteiger charge is 2.37. The summed E-state index contributed by atoms with van der Waals surface area (Å²) in [6.45, 7) is 1.93. The number of nitro benzene ring substituents is 1. The van der Waals surface area contributed by atoms with Crippen LogP contribution >= 0.6 is 0 Å². The first-order valence-corrected chi connectivity index (χ1v) is 13.0. The number of urea groups is 1. The zero-order valence-corrected chi connectivity index (χ0v) is 22.7. The number of anilines is 1. The molecule has 3 aromatic rings. The predicted octanol–water partition coefficient (Wildman–Crippen LogP) is 3.65. The summed E-state index contributed by atoms with van der Waals surface area (Å²) in [5.41, 5.74) is 4.17. The molecule has 1 saturated heterocycles. The molecule has 1 fully saturated rings. The number of carbonyl (C=O) groups excluding carboxylic acids is 4. The van der Waals surface area contributed by atoms with E-state index in [1.807, 2.05) is 24.3 Å². The third kappa shape index (κ3) is 5.77. The number of likely N-dealkylation sites (N-methyl/N-ethyl adjacent to an activating group) is 1. The molecule has 3 aromatic carbocycles. The largest absolute Gasteiger partial charge is 0.356 e. The number of fused-ring (bicyclic) bond motifs is 1. The van der Waals surface area contributed by atoms with Gasteiger partial charge in [0.2, 0.25) is 11.8 Å². The predicted molar refractivity (Wildman–Crippen MR) is 155 cm³/mol. The standard InChI is InChI=1S/C30H26N6O6/c1-17(37)31-14-13-18-3-7-20(8-4-18)27(26-23-16-22(36(41)42)11-12-24(23)33-29(26)39)32-21-9-5-19(6-10-21)15-25-28(38)34-30(40)35(25)2/h3-12,15-16,26H,13-14H2,1-2H3,(H,31,37)(H,33,39)(H,34,38,40). The number of hydrogen-bond acceptors (Lipinski definition) is 7. The number of carbonyl (C=O) groups is 4. The summed E-state index contributed by atoms with van der Waals surface area (Å²) in [5.74, 6) is -1.88. The van der Waals surface area contributed by atoms with Gasteiger partial charge in [0, 0.05) is 43.9 Å². The molecule has 1 unspecified atom stereocenters. The van der Waals surface area contributed by atoms with Crippen molar-refractivity contribution in [3.63, 3.8) is 0 Å². The second kappa shape index (κ2) is 11.5. The molecule has 5 rings (SSSR count). The monoisotopic (exact) mass is 566 g/mol. The lowest BCUT2D eigenvalue weighted by molar-refractivity contribution is -0.384. The molecule has 1 atom stereocenters. The maximum absolute atomic E-state index is 13.2. The van der Waals surface area contributed by atoms with Gasteiger partial charge in [0.25, 0.3) is 11.6 Å². The summed E-state index contributed by atoms with van der Waals surface area (Å²) in [4.78, 5) is 65.3. The maximum atomic E-state index is 13.2. The third-order valence-electron chi connectivity index (χ3n) is 6.95. The molecular formula is C30H26N6O6. The fourth-order valence-corrected chi connectivity index (χ4v) is 4.77. The van der Waals surface area contributed by atoms with E-state index in [0.717, 1.165) is 5.56 Å². The smallest absolute Gasteiger partial charge is 0.328 e. The summed E-state index contributed by atoms with van der Waals surface area (Å²) in [6.07, 6.45) is 2.19. The lowest BCUT2D eigenvalue weighted by Gasteiger charge is -2.15. The van der Waals surface area contributed by atoms with Crippen LogP contribution in [0.5, 0.6) is 0 Å². The average Bonchev–Trinajstić information content (AvgIpc) is 3.41. The van der Waals surface area contributed by atoms with Crippen LogP contribution in [0.4, 0.5) is 21.9 Å². The normalized spacial score (nSPS) is 17.2. The Bertz CT molecular complexity index is 1680. The summed E-state index contributed by atoms with van der Waals surface area (Å²) in [7, 11) is 1.50. The first kappa shape index (κ1) is 27.9. The molecular weight excluding hydrogens is 540 g/mol. The van der Waals surface area contributed by atoms with E-state index in [2.05, 4.69) is 16.0 Å². The molecule has 0 radical (unpaired) electrons. The Hall–Kier alpha value is -5.65. The second-order valence-electron chi connectivity index (χ2n) is 9.82. The van der Waals surface area contributed by atoms with Gasteiger partial charge < -0.3 is 10.6 Å². The molecule has 2 aliphatic rings. The molecule has 0 aromatic heterocycles. The Morgan fingerprint density at radius 1 is 1.05 bits per heavy atom. The van der Waals surface area contributed by atoms with Crippen LogP contribution in [0.1, 0.15) is 35.1 Å². The van der Waals surface area contributed by atoms with Crippen LogP contribution in [0, 0.1) is 10.1 Å². The number of hydrogen-bond donors (Lipinski definition) is 3. The molecule has 42 heavy (non-hydrogen) atoms. The van der Waals surface area contributed by atoms with Crippen LogP contribution in [-0.4, -0.2) is 52.9 Å². The van der Waals surface area contributed by atoms with Crippen molar-refractivity contribution < 1.29 is 24.1 Å². The first-order valence-electron chi connectivity index (χ1n) is 13.0. The number of imide groups is 1. The van der Waals surface area contributed by atoms with Gasteiger partial charge >= 0.3 is 6.03 Å². The molecule has 212 valence electrons. The first-order chi connectivity index (χ1) is 20.1. The second-order valence-corrected chi connectivity index (χ2v) is 9.82. The zero-order valence-electron chi connectivity index (χ0n) is 22.7. The van der Waals surface area contributed by atoms with Gasteiger partial charge in [0.15, 0.2) is 0 Å². The molecule has 12 heteroatoms. The fourth-order valence-electron chi connectivity index (χ4n) is 4.77. The summed E-state index contributed by atoms with van der Waals surface area (Å²) < 4.78 is 0. The van der Waals surface area contributed by atoms with Gasteiger partial charge in [-0.1, -0.05) is 36.4 Å². The third-order valence-corrected chi connectivity index (χ3v) is 6.95. The van der Waals surface area contributed by atoms with Crippen LogP contribution in [0.25, 0.3) is 6.08 Å². The van der Waals surface area contributed by atoms with Crippen molar-refractivity contribution in [1.29, 1.82) is 0 Å². The number of amides is 5. The summed E-state index contributed by atoms with van der Waals surface area (Å²) in [5, 5.41) is 19.3. The van der Waals surface area contributed by atoms with Crippen molar-refractivity contribution >= 4 is 52.6 Å². The Balaban J connectivity index is 1.52. The van der Waals surface area contributed by atoms with Crippen molar-refractivity contribution in [1.82, 2.24) is 15.5 Å². The Kier molecular flexibility index (Phi) is 7.61. The van der Waals surface area contributed by atoms with Gasteiger partial charge in [0.1, 0.15) is 11.6 Å². The lowest BCUT2D eigenvalue weighted by atomic mass is 9.90. The number of non-ortho nitro benzene ring substituents is 1.